The number of pyridine rings is 1. The molecule has 4 N–H and O–H groups in total. The summed E-state index contributed by atoms with van der Waals surface area (Å²) in [5.74, 6) is 0.623. The van der Waals surface area contributed by atoms with Gasteiger partial charge in [0.25, 0.3) is 0 Å². The Morgan fingerprint density at radius 3 is 2.88 bits per heavy atom. The maximum absolute atomic E-state index is 8.80. The molecule has 0 bridgehead atoms. The van der Waals surface area contributed by atoms with Crippen LogP contribution in [-0.2, 0) is 0 Å². The molecule has 0 spiro atoms. The van der Waals surface area contributed by atoms with E-state index in [0.717, 1.165) is 15.9 Å². The molecule has 2 aromatic rings. The molecule has 4 nitrogen and oxygen atoms in total. The first-order valence-corrected chi connectivity index (χ1v) is 6.19. The number of nitrogens with one attached hydrogen (secondary N) is 1. The minimum atomic E-state index is 0.0365. The Kier molecular flexibility index (Phi) is 3.61. The lowest BCUT2D eigenvalue weighted by molar-refractivity contribution is 0.322. The van der Waals surface area contributed by atoms with Crippen LogP contribution in [0, 0.1) is 5.41 Å². The molecular weight excluding hydrogens is 234 g/mol. The zero-order valence-corrected chi connectivity index (χ0v) is 10.00. The maximum atomic E-state index is 8.80. The molecule has 0 aliphatic carbocycles. The van der Waals surface area contributed by atoms with Gasteiger partial charge in [-0.05, 0) is 12.1 Å². The third-order valence-corrected chi connectivity index (χ3v) is 3.22. The Morgan fingerprint density at radius 2 is 2.18 bits per heavy atom. The summed E-state index contributed by atoms with van der Waals surface area (Å²) in [6, 6.07) is 9.39. The fourth-order valence-electron chi connectivity index (χ4n) is 1.60. The average Bonchev–Trinajstić information content (AvgIpc) is 2.35. The number of aromatic nitrogens is 1. The predicted octanol–water partition coefficient (Wildman–Crippen LogP) is 1.60. The van der Waals surface area contributed by atoms with Gasteiger partial charge in [-0.15, -0.1) is 11.8 Å². The highest BCUT2D eigenvalue weighted by molar-refractivity contribution is 7.99. The van der Waals surface area contributed by atoms with Crippen LogP contribution in [0.1, 0.15) is 5.56 Å². The number of aliphatic hydroxyl groups excluding tert-OH is 1. The number of hydrogen-bond donors (Lipinski definition) is 3. The van der Waals surface area contributed by atoms with E-state index >= 15 is 0 Å². The molecule has 2 rings (SSSR count). The van der Waals surface area contributed by atoms with E-state index in [1.54, 1.807) is 6.07 Å². The van der Waals surface area contributed by atoms with Gasteiger partial charge in [-0.2, -0.15) is 0 Å². The fraction of sp³-hybridized carbons (Fsp3) is 0.167. The summed E-state index contributed by atoms with van der Waals surface area (Å²) < 4.78 is 0. The SMILES string of the molecule is N=C(N)c1cc(SCCO)nc2ccccc12. The van der Waals surface area contributed by atoms with Gasteiger partial charge in [0, 0.05) is 16.7 Å². The highest BCUT2D eigenvalue weighted by Crippen LogP contribution is 2.23. The molecule has 5 heteroatoms. The van der Waals surface area contributed by atoms with Crippen molar-refractivity contribution in [3.8, 4) is 0 Å². The summed E-state index contributed by atoms with van der Waals surface area (Å²) >= 11 is 1.45. The molecule has 0 atom stereocenters. The normalized spacial score (nSPS) is 10.6. The third kappa shape index (κ3) is 2.57. The molecule has 1 aromatic heterocycles. The quantitative estimate of drug-likeness (QED) is 0.435. The first-order chi connectivity index (χ1) is 8.22. The van der Waals surface area contributed by atoms with Crippen molar-refractivity contribution in [1.29, 1.82) is 5.41 Å². The second-order valence-corrected chi connectivity index (χ2v) is 4.63. The van der Waals surface area contributed by atoms with E-state index in [9.17, 15) is 0 Å². The number of rotatable bonds is 4. The number of nitrogens with zero attached hydrogens (tertiary/aromatic N) is 1. The lowest BCUT2D eigenvalue weighted by Crippen LogP contribution is -2.12. The van der Waals surface area contributed by atoms with Gasteiger partial charge in [-0.25, -0.2) is 4.98 Å². The van der Waals surface area contributed by atoms with Crippen molar-refractivity contribution >= 4 is 28.5 Å². The van der Waals surface area contributed by atoms with Crippen molar-refractivity contribution in [2.45, 2.75) is 5.03 Å². The average molecular weight is 247 g/mol. The van der Waals surface area contributed by atoms with Crippen LogP contribution in [0.15, 0.2) is 35.4 Å². The molecule has 0 fully saturated rings. The zero-order chi connectivity index (χ0) is 12.3. The van der Waals surface area contributed by atoms with Crippen molar-refractivity contribution in [2.24, 2.45) is 5.73 Å². The van der Waals surface area contributed by atoms with E-state index in [2.05, 4.69) is 4.98 Å². The number of thioether (sulfide) groups is 1. The van der Waals surface area contributed by atoms with Gasteiger partial charge in [0.1, 0.15) is 5.84 Å². The number of amidine groups is 1. The van der Waals surface area contributed by atoms with Gasteiger partial charge in [-0.3, -0.25) is 5.41 Å². The topological polar surface area (TPSA) is 83.0 Å². The zero-order valence-electron chi connectivity index (χ0n) is 9.18. The molecule has 1 heterocycles. The van der Waals surface area contributed by atoms with Crippen LogP contribution >= 0.6 is 11.8 Å². The molecule has 0 saturated carbocycles. The van der Waals surface area contributed by atoms with Crippen molar-refractivity contribution in [3.05, 3.63) is 35.9 Å². The predicted molar refractivity (Wildman–Crippen MR) is 70.6 cm³/mol. The van der Waals surface area contributed by atoms with Crippen molar-refractivity contribution in [2.75, 3.05) is 12.4 Å². The Morgan fingerprint density at radius 1 is 1.41 bits per heavy atom. The van der Waals surface area contributed by atoms with E-state index in [4.69, 9.17) is 16.2 Å². The summed E-state index contributed by atoms with van der Waals surface area (Å²) in [4.78, 5) is 4.46. The smallest absolute Gasteiger partial charge is 0.123 e. The number of para-hydroxylation sites is 1. The molecular formula is C12H13N3OS. The van der Waals surface area contributed by atoms with Crippen LogP contribution in [0.4, 0.5) is 0 Å². The van der Waals surface area contributed by atoms with Gasteiger partial charge >= 0.3 is 0 Å². The fourth-order valence-corrected chi connectivity index (χ4v) is 2.26. The second kappa shape index (κ2) is 5.16. The maximum Gasteiger partial charge on any atom is 0.123 e. The first kappa shape index (κ1) is 11.9. The van der Waals surface area contributed by atoms with Crippen LogP contribution in [-0.4, -0.2) is 28.3 Å². The van der Waals surface area contributed by atoms with E-state index in [0.29, 0.717) is 11.3 Å². The molecule has 0 radical (unpaired) electrons. The number of aliphatic hydroxyl groups is 1. The summed E-state index contributed by atoms with van der Waals surface area (Å²) in [5, 5.41) is 18.0. The van der Waals surface area contributed by atoms with Crippen LogP contribution < -0.4 is 5.73 Å². The molecule has 0 unspecified atom stereocenters. The Hall–Kier alpha value is -1.59. The van der Waals surface area contributed by atoms with Crippen molar-refractivity contribution < 1.29 is 5.11 Å². The molecule has 0 aliphatic rings. The third-order valence-electron chi connectivity index (χ3n) is 2.32. The number of hydrogen-bond acceptors (Lipinski definition) is 4. The minimum Gasteiger partial charge on any atom is -0.396 e. The van der Waals surface area contributed by atoms with Gasteiger partial charge in [0.15, 0.2) is 0 Å². The van der Waals surface area contributed by atoms with E-state index in [-0.39, 0.29) is 12.4 Å². The second-order valence-electron chi connectivity index (χ2n) is 3.51. The van der Waals surface area contributed by atoms with Crippen LogP contribution in [0.3, 0.4) is 0 Å². The van der Waals surface area contributed by atoms with Gasteiger partial charge < -0.3 is 10.8 Å². The molecule has 0 aliphatic heterocycles. The first-order valence-electron chi connectivity index (χ1n) is 5.20. The van der Waals surface area contributed by atoms with Crippen LogP contribution in [0.25, 0.3) is 10.9 Å². The Balaban J connectivity index is 2.55. The Labute approximate surface area is 103 Å². The summed E-state index contributed by atoms with van der Waals surface area (Å²) in [6.45, 7) is 0.106. The van der Waals surface area contributed by atoms with Crippen LogP contribution in [0.2, 0.25) is 0 Å². The number of nitrogens with two attached hydrogens (primary N) is 1. The molecule has 0 saturated heterocycles. The highest BCUT2D eigenvalue weighted by atomic mass is 32.2. The van der Waals surface area contributed by atoms with Gasteiger partial charge in [-0.1, -0.05) is 18.2 Å². The van der Waals surface area contributed by atoms with Crippen LogP contribution in [0.5, 0.6) is 0 Å². The van der Waals surface area contributed by atoms with E-state index in [1.807, 2.05) is 24.3 Å². The lowest BCUT2D eigenvalue weighted by atomic mass is 10.1. The number of nitrogen functional groups attached to an aromatic ring is 1. The van der Waals surface area contributed by atoms with Gasteiger partial charge in [0.2, 0.25) is 0 Å². The van der Waals surface area contributed by atoms with Crippen molar-refractivity contribution in [3.63, 3.8) is 0 Å². The molecule has 0 amide bonds. The monoisotopic (exact) mass is 247 g/mol. The highest BCUT2D eigenvalue weighted by Gasteiger charge is 2.07. The number of fused-ring (bicyclic) bond motifs is 1. The minimum absolute atomic E-state index is 0.0365. The molecule has 1 aromatic carbocycles. The van der Waals surface area contributed by atoms with Gasteiger partial charge in [0.05, 0.1) is 17.1 Å². The lowest BCUT2D eigenvalue weighted by Gasteiger charge is -2.07. The standard InChI is InChI=1S/C12H13N3OS/c13-12(14)9-7-11(17-6-5-16)15-10-4-2-1-3-8(9)10/h1-4,7,16H,5-6H2,(H3,13,14). The summed E-state index contributed by atoms with van der Waals surface area (Å²) in [7, 11) is 0. The van der Waals surface area contributed by atoms with E-state index in [1.165, 1.54) is 11.8 Å². The number of benzene rings is 1. The Bertz CT molecular complexity index is 556. The summed E-state index contributed by atoms with van der Waals surface area (Å²) in [6.07, 6.45) is 0. The molecule has 17 heavy (non-hydrogen) atoms. The largest absolute Gasteiger partial charge is 0.396 e. The van der Waals surface area contributed by atoms with Crippen molar-refractivity contribution in [1.82, 2.24) is 4.98 Å². The van der Waals surface area contributed by atoms with E-state index < -0.39 is 0 Å². The molecule has 88 valence electrons. The summed E-state index contributed by atoms with van der Waals surface area (Å²) in [5.41, 5.74) is 7.09.